The second kappa shape index (κ2) is 6.77. The van der Waals surface area contributed by atoms with Crippen molar-refractivity contribution in [2.45, 2.75) is 58.0 Å². The lowest BCUT2D eigenvalue weighted by Crippen LogP contribution is -2.45. The van der Waals surface area contributed by atoms with E-state index in [0.29, 0.717) is 11.9 Å². The fourth-order valence-corrected chi connectivity index (χ4v) is 4.00. The Morgan fingerprint density at radius 2 is 2.13 bits per heavy atom. The highest BCUT2D eigenvalue weighted by Gasteiger charge is 2.33. The van der Waals surface area contributed by atoms with Crippen LogP contribution < -0.4 is 15.0 Å². The van der Waals surface area contributed by atoms with Gasteiger partial charge in [-0.2, -0.15) is 0 Å². The fraction of sp³-hybridized carbons (Fsp3) is 0.667. The van der Waals surface area contributed by atoms with Crippen LogP contribution in [0, 0.1) is 5.92 Å². The summed E-state index contributed by atoms with van der Waals surface area (Å²) >= 11 is 0. The highest BCUT2D eigenvalue weighted by molar-refractivity contribution is 5.74. The van der Waals surface area contributed by atoms with E-state index in [0.717, 1.165) is 30.3 Å². The molecule has 1 amide bonds. The Kier molecular flexibility index (Phi) is 4.74. The van der Waals surface area contributed by atoms with Crippen LogP contribution in [0.3, 0.4) is 0 Å². The zero-order valence-corrected chi connectivity index (χ0v) is 14.3. The van der Waals surface area contributed by atoms with Crippen molar-refractivity contribution in [3.05, 3.63) is 17.8 Å². The summed E-state index contributed by atoms with van der Waals surface area (Å²) in [7, 11) is 1.63. The summed E-state index contributed by atoms with van der Waals surface area (Å²) in [4.78, 5) is 18.7. The van der Waals surface area contributed by atoms with Gasteiger partial charge in [-0.15, -0.1) is 0 Å². The van der Waals surface area contributed by atoms with Crippen molar-refractivity contribution in [2.75, 3.05) is 18.6 Å². The average molecular weight is 317 g/mol. The van der Waals surface area contributed by atoms with E-state index in [-0.39, 0.29) is 11.9 Å². The largest absolute Gasteiger partial charge is 0.481 e. The molecule has 2 unspecified atom stereocenters. The van der Waals surface area contributed by atoms with E-state index in [1.165, 1.54) is 25.7 Å². The van der Waals surface area contributed by atoms with Gasteiger partial charge in [0.1, 0.15) is 0 Å². The van der Waals surface area contributed by atoms with Gasteiger partial charge >= 0.3 is 0 Å². The fourth-order valence-electron chi connectivity index (χ4n) is 4.00. The number of pyridine rings is 1. The highest BCUT2D eigenvalue weighted by atomic mass is 16.5. The first-order chi connectivity index (χ1) is 11.1. The first-order valence-electron chi connectivity index (χ1n) is 8.67. The molecule has 1 aromatic rings. The first-order valence-corrected chi connectivity index (χ1v) is 8.67. The van der Waals surface area contributed by atoms with Crippen molar-refractivity contribution in [1.82, 2.24) is 10.3 Å². The summed E-state index contributed by atoms with van der Waals surface area (Å²) in [5, 5.41) is 3.05. The van der Waals surface area contributed by atoms with Gasteiger partial charge in [0, 0.05) is 25.6 Å². The van der Waals surface area contributed by atoms with Crippen molar-refractivity contribution in [3.8, 4) is 5.88 Å². The molecule has 1 aliphatic carbocycles. The number of aromatic nitrogens is 1. The van der Waals surface area contributed by atoms with Gasteiger partial charge in [0.05, 0.1) is 24.5 Å². The zero-order chi connectivity index (χ0) is 16.4. The Morgan fingerprint density at radius 1 is 1.39 bits per heavy atom. The van der Waals surface area contributed by atoms with Crippen LogP contribution in [0.15, 0.2) is 12.1 Å². The lowest BCUT2D eigenvalue weighted by atomic mass is 9.94. The van der Waals surface area contributed by atoms with Gasteiger partial charge in [0.25, 0.3) is 0 Å². The number of carbonyl (C=O) groups excluding carboxylic acids is 1. The predicted molar refractivity (Wildman–Crippen MR) is 90.7 cm³/mol. The Labute approximate surface area is 138 Å². The number of nitrogens with zero attached hydrogens (tertiary/aromatic N) is 2. The van der Waals surface area contributed by atoms with Gasteiger partial charge in [-0.05, 0) is 38.2 Å². The van der Waals surface area contributed by atoms with Crippen molar-refractivity contribution in [2.24, 2.45) is 5.92 Å². The van der Waals surface area contributed by atoms with Crippen LogP contribution in [-0.2, 0) is 4.79 Å². The van der Waals surface area contributed by atoms with Gasteiger partial charge in [-0.3, -0.25) is 4.79 Å². The normalized spacial score (nSPS) is 24.4. The van der Waals surface area contributed by atoms with Crippen molar-refractivity contribution < 1.29 is 9.53 Å². The molecule has 2 heterocycles. The summed E-state index contributed by atoms with van der Waals surface area (Å²) < 4.78 is 5.29. The molecule has 1 N–H and O–H groups in total. The number of hydrogen-bond donors (Lipinski definition) is 1. The van der Waals surface area contributed by atoms with Crippen LogP contribution in [-0.4, -0.2) is 30.6 Å². The van der Waals surface area contributed by atoms with Gasteiger partial charge < -0.3 is 15.0 Å². The number of fused-ring (bicyclic) bond motifs is 1. The molecule has 1 fully saturated rings. The number of amides is 1. The van der Waals surface area contributed by atoms with E-state index in [9.17, 15) is 4.79 Å². The highest BCUT2D eigenvalue weighted by Crippen LogP contribution is 2.39. The van der Waals surface area contributed by atoms with E-state index in [2.05, 4.69) is 28.2 Å². The maximum Gasteiger partial charge on any atom is 0.217 e. The molecular formula is C18H27N3O2. The second-order valence-electron chi connectivity index (χ2n) is 6.90. The van der Waals surface area contributed by atoms with E-state index in [1.807, 2.05) is 6.07 Å². The maximum absolute atomic E-state index is 11.6. The summed E-state index contributed by atoms with van der Waals surface area (Å²) in [6.45, 7) is 4.90. The summed E-state index contributed by atoms with van der Waals surface area (Å²) in [6, 6.07) is 4.38. The standard InChI is InChI=1S/C18H27N3O2/c1-12-10-15(19-13(2)22)18-16(8-9-17(20-18)23-3)21(12)11-14-6-4-5-7-14/h8-9,12,14-15H,4-7,10-11H2,1-3H3,(H,19,22). The lowest BCUT2D eigenvalue weighted by molar-refractivity contribution is -0.119. The Hall–Kier alpha value is -1.78. The number of carbonyl (C=O) groups is 1. The van der Waals surface area contributed by atoms with Gasteiger partial charge in [-0.1, -0.05) is 12.8 Å². The molecule has 0 spiro atoms. The van der Waals surface area contributed by atoms with E-state index >= 15 is 0 Å². The topological polar surface area (TPSA) is 54.5 Å². The van der Waals surface area contributed by atoms with Gasteiger partial charge in [0.15, 0.2) is 0 Å². The lowest BCUT2D eigenvalue weighted by Gasteiger charge is -2.41. The second-order valence-corrected chi connectivity index (χ2v) is 6.90. The molecule has 0 radical (unpaired) electrons. The molecule has 1 saturated carbocycles. The molecule has 23 heavy (non-hydrogen) atoms. The van der Waals surface area contributed by atoms with Crippen LogP contribution >= 0.6 is 0 Å². The molecule has 3 rings (SSSR count). The van der Waals surface area contributed by atoms with E-state index in [4.69, 9.17) is 4.74 Å². The number of nitrogens with one attached hydrogen (secondary N) is 1. The molecule has 5 heteroatoms. The molecule has 1 aliphatic heterocycles. The minimum atomic E-state index is -0.0348. The third-order valence-electron chi connectivity index (χ3n) is 5.14. The molecule has 0 bridgehead atoms. The van der Waals surface area contributed by atoms with Gasteiger partial charge in [-0.25, -0.2) is 4.98 Å². The third kappa shape index (κ3) is 3.43. The molecule has 0 aromatic carbocycles. The monoisotopic (exact) mass is 317 g/mol. The zero-order valence-electron chi connectivity index (χ0n) is 14.3. The van der Waals surface area contributed by atoms with E-state index in [1.54, 1.807) is 14.0 Å². The molecule has 2 atom stereocenters. The summed E-state index contributed by atoms with van der Waals surface area (Å²) in [6.07, 6.45) is 6.26. The number of anilines is 1. The van der Waals surface area contributed by atoms with Crippen molar-refractivity contribution in [1.29, 1.82) is 0 Å². The summed E-state index contributed by atoms with van der Waals surface area (Å²) in [5.74, 6) is 1.38. The van der Waals surface area contributed by atoms with E-state index < -0.39 is 0 Å². The van der Waals surface area contributed by atoms with Crippen molar-refractivity contribution in [3.63, 3.8) is 0 Å². The van der Waals surface area contributed by atoms with Crippen LogP contribution in [0.1, 0.15) is 57.7 Å². The summed E-state index contributed by atoms with van der Waals surface area (Å²) in [5.41, 5.74) is 2.09. The molecule has 0 saturated heterocycles. The minimum absolute atomic E-state index is 0.0120. The average Bonchev–Trinajstić information content (AvgIpc) is 3.03. The van der Waals surface area contributed by atoms with Gasteiger partial charge in [0.2, 0.25) is 11.8 Å². The number of rotatable bonds is 4. The van der Waals surface area contributed by atoms with Crippen LogP contribution in [0.2, 0.25) is 0 Å². The Bertz CT molecular complexity index is 569. The van der Waals surface area contributed by atoms with Crippen molar-refractivity contribution >= 4 is 11.6 Å². The quantitative estimate of drug-likeness (QED) is 0.927. The smallest absolute Gasteiger partial charge is 0.217 e. The number of methoxy groups -OCH3 is 1. The molecule has 126 valence electrons. The molecular weight excluding hydrogens is 290 g/mol. The number of ether oxygens (including phenoxy) is 1. The Balaban J connectivity index is 1.91. The van der Waals surface area contributed by atoms with Crippen LogP contribution in [0.4, 0.5) is 5.69 Å². The first kappa shape index (κ1) is 16.1. The Morgan fingerprint density at radius 3 is 2.78 bits per heavy atom. The molecule has 2 aliphatic rings. The minimum Gasteiger partial charge on any atom is -0.481 e. The van der Waals surface area contributed by atoms with Crippen LogP contribution in [0.25, 0.3) is 0 Å². The maximum atomic E-state index is 11.6. The molecule has 5 nitrogen and oxygen atoms in total. The SMILES string of the molecule is COc1ccc2c(n1)C(NC(C)=O)CC(C)N2CC1CCCC1. The predicted octanol–water partition coefficient (Wildman–Crippen LogP) is 3.06. The third-order valence-corrected chi connectivity index (χ3v) is 5.14. The number of hydrogen-bond acceptors (Lipinski definition) is 4. The van der Waals surface area contributed by atoms with Crippen LogP contribution in [0.5, 0.6) is 5.88 Å². The molecule has 1 aromatic heterocycles.